The molecule has 1 fully saturated rings. The fourth-order valence-electron chi connectivity index (χ4n) is 3.27. The summed E-state index contributed by atoms with van der Waals surface area (Å²) in [6.07, 6.45) is 7.07. The highest BCUT2D eigenvalue weighted by Crippen LogP contribution is 2.31. The van der Waals surface area contributed by atoms with E-state index in [1.807, 2.05) is 30.3 Å². The minimum Gasteiger partial charge on any atom is -0.294 e. The van der Waals surface area contributed by atoms with Gasteiger partial charge in [0, 0.05) is 16.5 Å². The zero-order valence-electron chi connectivity index (χ0n) is 11.6. The van der Waals surface area contributed by atoms with Gasteiger partial charge in [-0.05, 0) is 35.2 Å². The number of fused-ring (bicyclic) bond motifs is 1. The van der Waals surface area contributed by atoms with Crippen molar-refractivity contribution >= 4 is 32.5 Å². The molecule has 1 nitrogen and oxygen atoms in total. The Morgan fingerprint density at radius 2 is 1.75 bits per heavy atom. The van der Waals surface area contributed by atoms with Gasteiger partial charge < -0.3 is 0 Å². The molecule has 0 spiro atoms. The van der Waals surface area contributed by atoms with E-state index in [-0.39, 0.29) is 0 Å². The lowest BCUT2D eigenvalue weighted by atomic mass is 9.95. The Hall–Kier alpha value is -1.15. The summed E-state index contributed by atoms with van der Waals surface area (Å²) in [6, 6.07) is 12.1. The number of carbonyl (C=O) groups excluding carboxylic acids is 1. The second-order valence-corrected chi connectivity index (χ2v) is 6.61. The summed E-state index contributed by atoms with van der Waals surface area (Å²) in [6.45, 7) is 0. The Morgan fingerprint density at radius 3 is 2.50 bits per heavy atom. The number of carbonyl (C=O) groups is 1. The molecule has 1 aliphatic carbocycles. The summed E-state index contributed by atoms with van der Waals surface area (Å²) in [5, 5.41) is 2.19. The monoisotopic (exact) mass is 330 g/mol. The second-order valence-electron chi connectivity index (χ2n) is 5.75. The first-order valence-corrected chi connectivity index (χ1v) is 8.25. The molecule has 0 atom stereocenters. The summed E-state index contributed by atoms with van der Waals surface area (Å²) in [7, 11) is 0. The van der Waals surface area contributed by atoms with Crippen LogP contribution in [0.5, 0.6) is 0 Å². The summed E-state index contributed by atoms with van der Waals surface area (Å²) >= 11 is 3.56. The van der Waals surface area contributed by atoms with Crippen LogP contribution in [0.2, 0.25) is 0 Å². The van der Waals surface area contributed by atoms with Crippen molar-refractivity contribution in [3.63, 3.8) is 0 Å². The lowest BCUT2D eigenvalue weighted by Gasteiger charge is -2.10. The van der Waals surface area contributed by atoms with Crippen molar-refractivity contribution < 1.29 is 4.79 Å². The number of hydrogen-bond donors (Lipinski definition) is 0. The first-order valence-electron chi connectivity index (χ1n) is 7.46. The summed E-state index contributed by atoms with van der Waals surface area (Å²) in [5.74, 6) is 1.07. The van der Waals surface area contributed by atoms with Crippen molar-refractivity contribution in [1.29, 1.82) is 0 Å². The Morgan fingerprint density at radius 1 is 1.05 bits per heavy atom. The molecule has 0 saturated heterocycles. The predicted molar refractivity (Wildman–Crippen MR) is 87.2 cm³/mol. The van der Waals surface area contributed by atoms with Crippen LogP contribution in [-0.2, 0) is 0 Å². The normalized spacial score (nSPS) is 15.8. The van der Waals surface area contributed by atoms with Crippen molar-refractivity contribution in [3.05, 3.63) is 46.4 Å². The maximum atomic E-state index is 12.5. The highest BCUT2D eigenvalue weighted by molar-refractivity contribution is 9.10. The van der Waals surface area contributed by atoms with Crippen LogP contribution in [0.25, 0.3) is 10.8 Å². The van der Waals surface area contributed by atoms with Crippen LogP contribution >= 0.6 is 15.9 Å². The predicted octanol–water partition coefficient (Wildman–Crippen LogP) is 5.76. The highest BCUT2D eigenvalue weighted by Gasteiger charge is 2.18. The smallest absolute Gasteiger partial charge is 0.163 e. The van der Waals surface area contributed by atoms with Crippen molar-refractivity contribution in [2.24, 2.45) is 5.92 Å². The third-order valence-electron chi connectivity index (χ3n) is 4.43. The van der Waals surface area contributed by atoms with Crippen molar-refractivity contribution in [1.82, 2.24) is 0 Å². The number of ketones is 1. The van der Waals surface area contributed by atoms with E-state index in [0.29, 0.717) is 12.2 Å². The molecule has 1 saturated carbocycles. The zero-order chi connectivity index (χ0) is 13.9. The van der Waals surface area contributed by atoms with Gasteiger partial charge in [0.15, 0.2) is 5.78 Å². The lowest BCUT2D eigenvalue weighted by molar-refractivity contribution is 0.0975. The first kappa shape index (κ1) is 13.8. The van der Waals surface area contributed by atoms with Gasteiger partial charge in [-0.3, -0.25) is 4.79 Å². The minimum absolute atomic E-state index is 0.292. The molecule has 0 amide bonds. The minimum atomic E-state index is 0.292. The molecule has 2 aromatic rings. The molecule has 2 heteroatoms. The number of benzene rings is 2. The van der Waals surface area contributed by atoms with Crippen LogP contribution in [0.4, 0.5) is 0 Å². The number of halogens is 1. The van der Waals surface area contributed by atoms with Gasteiger partial charge in [0.05, 0.1) is 0 Å². The maximum absolute atomic E-state index is 12.5. The van der Waals surface area contributed by atoms with E-state index >= 15 is 0 Å². The van der Waals surface area contributed by atoms with Crippen molar-refractivity contribution in [2.75, 3.05) is 0 Å². The average molecular weight is 331 g/mol. The van der Waals surface area contributed by atoms with Crippen LogP contribution in [0, 0.1) is 5.92 Å². The van der Waals surface area contributed by atoms with Gasteiger partial charge in [0.2, 0.25) is 0 Å². The third-order valence-corrected chi connectivity index (χ3v) is 5.12. The highest BCUT2D eigenvalue weighted by atomic mass is 79.9. The number of hydrogen-bond acceptors (Lipinski definition) is 1. The molecule has 20 heavy (non-hydrogen) atoms. The van der Waals surface area contributed by atoms with E-state index < -0.39 is 0 Å². The number of Topliss-reactive ketones (excluding diaryl/α,β-unsaturated/α-hetero) is 1. The van der Waals surface area contributed by atoms with E-state index in [1.165, 1.54) is 25.7 Å². The van der Waals surface area contributed by atoms with Gasteiger partial charge in [-0.15, -0.1) is 0 Å². The van der Waals surface area contributed by atoms with E-state index in [1.54, 1.807) is 0 Å². The SMILES string of the molecule is O=C(CCC1CCCC1)c1ccc(Br)c2ccccc12. The van der Waals surface area contributed by atoms with Gasteiger partial charge >= 0.3 is 0 Å². The van der Waals surface area contributed by atoms with Crippen LogP contribution in [0.1, 0.15) is 48.9 Å². The van der Waals surface area contributed by atoms with E-state index in [0.717, 1.165) is 33.1 Å². The largest absolute Gasteiger partial charge is 0.294 e. The molecule has 0 aromatic heterocycles. The lowest BCUT2D eigenvalue weighted by Crippen LogP contribution is -2.03. The summed E-state index contributed by atoms with van der Waals surface area (Å²) in [5.41, 5.74) is 0.877. The topological polar surface area (TPSA) is 17.1 Å². The van der Waals surface area contributed by atoms with Gasteiger partial charge in [-0.1, -0.05) is 65.9 Å². The quantitative estimate of drug-likeness (QED) is 0.651. The van der Waals surface area contributed by atoms with Gasteiger partial charge in [-0.2, -0.15) is 0 Å². The van der Waals surface area contributed by atoms with Crippen LogP contribution in [0.3, 0.4) is 0 Å². The molecular weight excluding hydrogens is 312 g/mol. The van der Waals surface area contributed by atoms with Crippen molar-refractivity contribution in [2.45, 2.75) is 38.5 Å². The molecule has 1 aliphatic rings. The molecule has 104 valence electrons. The Balaban J connectivity index is 1.82. The zero-order valence-corrected chi connectivity index (χ0v) is 13.2. The standard InChI is InChI=1S/C18H19BrO/c19-17-11-10-16(14-7-3-4-8-15(14)17)18(20)12-9-13-5-1-2-6-13/h3-4,7-8,10-11,13H,1-2,5-6,9,12H2. The molecular formula is C18H19BrO. The molecule has 0 aliphatic heterocycles. The third kappa shape index (κ3) is 2.80. The molecule has 0 heterocycles. The van der Waals surface area contributed by atoms with Crippen LogP contribution < -0.4 is 0 Å². The second kappa shape index (κ2) is 6.09. The summed E-state index contributed by atoms with van der Waals surface area (Å²) < 4.78 is 1.06. The van der Waals surface area contributed by atoms with Gasteiger partial charge in [0.1, 0.15) is 0 Å². The molecule has 3 rings (SSSR count). The van der Waals surface area contributed by atoms with Gasteiger partial charge in [-0.25, -0.2) is 0 Å². The molecule has 2 aromatic carbocycles. The Bertz CT molecular complexity index is 626. The van der Waals surface area contributed by atoms with E-state index in [2.05, 4.69) is 22.0 Å². The van der Waals surface area contributed by atoms with Crippen LogP contribution in [0.15, 0.2) is 40.9 Å². The Kier molecular flexibility index (Phi) is 4.21. The van der Waals surface area contributed by atoms with E-state index in [4.69, 9.17) is 0 Å². The fraction of sp³-hybridized carbons (Fsp3) is 0.389. The maximum Gasteiger partial charge on any atom is 0.163 e. The molecule has 0 N–H and O–H groups in total. The summed E-state index contributed by atoms with van der Waals surface area (Å²) in [4.78, 5) is 12.5. The van der Waals surface area contributed by atoms with Crippen molar-refractivity contribution in [3.8, 4) is 0 Å². The first-order chi connectivity index (χ1) is 9.75. The average Bonchev–Trinajstić information content (AvgIpc) is 2.99. The fourth-order valence-corrected chi connectivity index (χ4v) is 3.75. The number of rotatable bonds is 4. The van der Waals surface area contributed by atoms with E-state index in [9.17, 15) is 4.79 Å². The van der Waals surface area contributed by atoms with Crippen LogP contribution in [-0.4, -0.2) is 5.78 Å². The molecule has 0 unspecified atom stereocenters. The molecule has 0 radical (unpaired) electrons. The molecule has 0 bridgehead atoms. The Labute approximate surface area is 128 Å². The van der Waals surface area contributed by atoms with Gasteiger partial charge in [0.25, 0.3) is 0 Å².